The highest BCUT2D eigenvalue weighted by atomic mass is 32.1. The van der Waals surface area contributed by atoms with Crippen LogP contribution >= 0.6 is 11.3 Å². The normalized spacial score (nSPS) is 10.8. The lowest BCUT2D eigenvalue weighted by molar-refractivity contribution is 0.0597. The third-order valence-electron chi connectivity index (χ3n) is 5.09. The zero-order chi connectivity index (χ0) is 25.1. The summed E-state index contributed by atoms with van der Waals surface area (Å²) in [5.41, 5.74) is 0.852. The van der Waals surface area contributed by atoms with E-state index >= 15 is 4.39 Å². The lowest BCUT2D eigenvalue weighted by Gasteiger charge is -2.12. The molecule has 0 bridgehead atoms. The van der Waals surface area contributed by atoms with Gasteiger partial charge >= 0.3 is 12.0 Å². The van der Waals surface area contributed by atoms with Crippen molar-refractivity contribution in [2.24, 2.45) is 0 Å². The Labute approximate surface area is 202 Å². The van der Waals surface area contributed by atoms with Gasteiger partial charge in [0.25, 0.3) is 0 Å². The lowest BCUT2D eigenvalue weighted by Crippen LogP contribution is -2.28. The average Bonchev–Trinajstić information content (AvgIpc) is 3.28. The molecular weight excluding hydrogens is 478 g/mol. The van der Waals surface area contributed by atoms with E-state index in [4.69, 9.17) is 9.47 Å². The second-order valence-electron chi connectivity index (χ2n) is 7.21. The fourth-order valence-electron chi connectivity index (χ4n) is 3.51. The van der Waals surface area contributed by atoms with Crippen molar-refractivity contribution in [3.8, 4) is 28.1 Å². The molecule has 11 heteroatoms. The Morgan fingerprint density at radius 1 is 1.11 bits per heavy atom. The maximum absolute atomic E-state index is 15.8. The summed E-state index contributed by atoms with van der Waals surface area (Å²) in [7, 11) is 2.62. The molecule has 2 amide bonds. The molecule has 0 unspecified atom stereocenters. The molecule has 0 fully saturated rings. The number of urea groups is 1. The van der Waals surface area contributed by atoms with E-state index in [9.17, 15) is 14.0 Å². The first kappa shape index (κ1) is 24.0. The summed E-state index contributed by atoms with van der Waals surface area (Å²) in [6, 6.07) is 8.12. The molecule has 0 saturated heterocycles. The number of ether oxygens (including phenoxy) is 2. The van der Waals surface area contributed by atoms with E-state index in [0.29, 0.717) is 22.4 Å². The molecule has 0 radical (unpaired) electrons. The number of carbonyl (C=O) groups is 2. The van der Waals surface area contributed by atoms with Crippen molar-refractivity contribution in [1.29, 1.82) is 0 Å². The number of benzene rings is 2. The van der Waals surface area contributed by atoms with E-state index in [1.54, 1.807) is 6.92 Å². The Balaban J connectivity index is 1.95. The highest BCUT2D eigenvalue weighted by Crippen LogP contribution is 2.41. The minimum absolute atomic E-state index is 0.00473. The van der Waals surface area contributed by atoms with E-state index < -0.39 is 23.6 Å². The minimum atomic E-state index is -0.687. The largest absolute Gasteiger partial charge is 0.496 e. The zero-order valence-corrected chi connectivity index (χ0v) is 19.8. The van der Waals surface area contributed by atoms with Crippen molar-refractivity contribution < 1.29 is 27.8 Å². The van der Waals surface area contributed by atoms with Crippen LogP contribution in [0.15, 0.2) is 42.6 Å². The van der Waals surface area contributed by atoms with Crippen LogP contribution in [0.1, 0.15) is 17.3 Å². The summed E-state index contributed by atoms with van der Waals surface area (Å²) in [5, 5.41) is 5.28. The summed E-state index contributed by atoms with van der Waals surface area (Å²) in [4.78, 5) is 32.4. The van der Waals surface area contributed by atoms with E-state index in [0.717, 1.165) is 11.3 Å². The Kier molecular flexibility index (Phi) is 6.87. The lowest BCUT2D eigenvalue weighted by atomic mass is 9.98. The summed E-state index contributed by atoms with van der Waals surface area (Å²) in [6.45, 7) is 2.15. The van der Waals surface area contributed by atoms with Crippen molar-refractivity contribution in [3.63, 3.8) is 0 Å². The standard InChI is InChI=1S/C24H20F2N4O4S/c1-4-27-23(32)30-24-29-20-18(26)14(12-7-8-13(22(31)34-3)17(10-12)33-2)11-15(21(20)35-24)19-16(25)6-5-9-28-19/h5-11H,4H2,1-3H3,(H2,27,29,30,32). The first-order valence-corrected chi connectivity index (χ1v) is 11.2. The van der Waals surface area contributed by atoms with Gasteiger partial charge in [0.1, 0.15) is 28.3 Å². The van der Waals surface area contributed by atoms with E-state index in [1.807, 2.05) is 0 Å². The molecule has 2 N–H and O–H groups in total. The average molecular weight is 499 g/mol. The number of anilines is 1. The number of rotatable bonds is 6. The third kappa shape index (κ3) is 4.62. The summed E-state index contributed by atoms with van der Waals surface area (Å²) < 4.78 is 40.9. The van der Waals surface area contributed by atoms with Gasteiger partial charge in [-0.3, -0.25) is 10.3 Å². The van der Waals surface area contributed by atoms with E-state index in [1.165, 1.54) is 56.8 Å². The van der Waals surface area contributed by atoms with Crippen LogP contribution < -0.4 is 15.4 Å². The predicted octanol–water partition coefficient (Wildman–Crippen LogP) is 5.24. The zero-order valence-electron chi connectivity index (χ0n) is 18.9. The molecule has 0 spiro atoms. The van der Waals surface area contributed by atoms with Crippen LogP contribution in [0.4, 0.5) is 18.7 Å². The van der Waals surface area contributed by atoms with Crippen LogP contribution in [0.5, 0.6) is 5.75 Å². The number of fused-ring (bicyclic) bond motifs is 1. The second kappa shape index (κ2) is 10.0. The monoisotopic (exact) mass is 498 g/mol. The first-order valence-electron chi connectivity index (χ1n) is 10.4. The van der Waals surface area contributed by atoms with Crippen molar-refractivity contribution >= 4 is 38.7 Å². The molecule has 0 saturated carbocycles. The van der Waals surface area contributed by atoms with Gasteiger partial charge in [0, 0.05) is 23.9 Å². The first-order chi connectivity index (χ1) is 16.9. The number of hydrogen-bond acceptors (Lipinski definition) is 7. The van der Waals surface area contributed by atoms with Crippen LogP contribution in [-0.2, 0) is 4.74 Å². The molecule has 4 rings (SSSR count). The topological polar surface area (TPSA) is 102 Å². The molecule has 0 aliphatic rings. The number of hydrogen-bond donors (Lipinski definition) is 2. The number of esters is 1. The Morgan fingerprint density at radius 2 is 1.91 bits per heavy atom. The maximum atomic E-state index is 15.8. The molecule has 0 atom stereocenters. The number of carbonyl (C=O) groups excluding carboxylic acids is 2. The molecule has 8 nitrogen and oxygen atoms in total. The fraction of sp³-hybridized carbons (Fsp3) is 0.167. The number of amides is 2. The van der Waals surface area contributed by atoms with Gasteiger partial charge in [0.15, 0.2) is 10.9 Å². The molecule has 0 aliphatic carbocycles. The van der Waals surface area contributed by atoms with Gasteiger partial charge < -0.3 is 14.8 Å². The number of nitrogens with zero attached hydrogens (tertiary/aromatic N) is 2. The smallest absolute Gasteiger partial charge is 0.341 e. The van der Waals surface area contributed by atoms with Crippen molar-refractivity contribution in [2.45, 2.75) is 6.92 Å². The highest BCUT2D eigenvalue weighted by molar-refractivity contribution is 7.22. The van der Waals surface area contributed by atoms with Gasteiger partial charge in [0.05, 0.1) is 18.9 Å². The van der Waals surface area contributed by atoms with Crippen LogP contribution in [0.25, 0.3) is 32.6 Å². The number of thiazole rings is 1. The summed E-state index contributed by atoms with van der Waals surface area (Å²) in [5.74, 6) is -1.72. The van der Waals surface area contributed by atoms with Gasteiger partial charge in [-0.2, -0.15) is 0 Å². The Bertz CT molecular complexity index is 1440. The minimum Gasteiger partial charge on any atom is -0.496 e. The van der Waals surface area contributed by atoms with Gasteiger partial charge in [-0.05, 0) is 42.8 Å². The Morgan fingerprint density at radius 3 is 2.60 bits per heavy atom. The molecule has 180 valence electrons. The van der Waals surface area contributed by atoms with Gasteiger partial charge in [-0.1, -0.05) is 17.4 Å². The van der Waals surface area contributed by atoms with E-state index in [-0.39, 0.29) is 33.2 Å². The van der Waals surface area contributed by atoms with Crippen molar-refractivity contribution in [3.05, 3.63) is 59.8 Å². The SMILES string of the molecule is CCNC(=O)Nc1nc2c(F)c(-c3ccc(C(=O)OC)c(OC)c3)cc(-c3ncccc3F)c2s1. The van der Waals surface area contributed by atoms with Gasteiger partial charge in [-0.15, -0.1) is 0 Å². The predicted molar refractivity (Wildman–Crippen MR) is 129 cm³/mol. The van der Waals surface area contributed by atoms with Crippen molar-refractivity contribution in [2.75, 3.05) is 26.1 Å². The number of methoxy groups -OCH3 is 2. The quantitative estimate of drug-likeness (QED) is 0.353. The number of pyridine rings is 1. The molecule has 2 aromatic heterocycles. The van der Waals surface area contributed by atoms with Crippen LogP contribution in [0.2, 0.25) is 0 Å². The maximum Gasteiger partial charge on any atom is 0.341 e. The van der Waals surface area contributed by atoms with Crippen LogP contribution in [0.3, 0.4) is 0 Å². The number of nitrogens with one attached hydrogen (secondary N) is 2. The van der Waals surface area contributed by atoms with Gasteiger partial charge in [0.2, 0.25) is 0 Å². The summed E-state index contributed by atoms with van der Waals surface area (Å²) >= 11 is 1.00. The number of halogens is 2. The molecule has 2 heterocycles. The molecule has 4 aromatic rings. The summed E-state index contributed by atoms with van der Waals surface area (Å²) in [6.07, 6.45) is 1.43. The fourth-order valence-corrected chi connectivity index (χ4v) is 4.49. The molecule has 2 aromatic carbocycles. The van der Waals surface area contributed by atoms with E-state index in [2.05, 4.69) is 20.6 Å². The molecule has 0 aliphatic heterocycles. The van der Waals surface area contributed by atoms with Crippen molar-refractivity contribution in [1.82, 2.24) is 15.3 Å². The third-order valence-corrected chi connectivity index (χ3v) is 6.10. The van der Waals surface area contributed by atoms with Gasteiger partial charge in [-0.25, -0.2) is 23.4 Å². The number of aromatic nitrogens is 2. The second-order valence-corrected chi connectivity index (χ2v) is 8.21. The van der Waals surface area contributed by atoms with Crippen LogP contribution in [-0.4, -0.2) is 42.7 Å². The highest BCUT2D eigenvalue weighted by Gasteiger charge is 2.23. The molecular formula is C24H20F2N4O4S. The molecule has 35 heavy (non-hydrogen) atoms. The van der Waals surface area contributed by atoms with Crippen LogP contribution in [0, 0.1) is 11.6 Å². The Hall–Kier alpha value is -4.12.